The Morgan fingerprint density at radius 2 is 1.77 bits per heavy atom. The Morgan fingerprint density at radius 3 is 2.31 bits per heavy atom. The van der Waals surface area contributed by atoms with Gasteiger partial charge in [0.05, 0.1) is 28.3 Å². The zero-order valence-electron chi connectivity index (χ0n) is 15.8. The number of carbonyl (C=O) groups excluding carboxylic acids is 2. The van der Waals surface area contributed by atoms with E-state index in [9.17, 15) is 9.59 Å². The summed E-state index contributed by atoms with van der Waals surface area (Å²) in [6.07, 6.45) is 3.20. The molecule has 1 heterocycles. The van der Waals surface area contributed by atoms with Gasteiger partial charge < -0.3 is 10.2 Å². The van der Waals surface area contributed by atoms with Crippen LogP contribution < -0.4 is 5.32 Å². The summed E-state index contributed by atoms with van der Waals surface area (Å²) in [5.41, 5.74) is 0.395. The highest BCUT2D eigenvalue weighted by atomic mass is 35.5. The van der Waals surface area contributed by atoms with Crippen molar-refractivity contribution in [3.63, 3.8) is 0 Å². The highest BCUT2D eigenvalue weighted by Gasteiger charge is 2.33. The zero-order chi connectivity index (χ0) is 19.4. The van der Waals surface area contributed by atoms with Crippen molar-refractivity contribution in [1.82, 2.24) is 9.80 Å². The van der Waals surface area contributed by atoms with Gasteiger partial charge in [-0.15, -0.1) is 0 Å². The zero-order valence-corrected chi connectivity index (χ0v) is 17.3. The number of hydrogen-bond donors (Lipinski definition) is 1. The van der Waals surface area contributed by atoms with Crippen LogP contribution in [0.4, 0.5) is 5.69 Å². The molecule has 0 aromatic heterocycles. The van der Waals surface area contributed by atoms with E-state index < -0.39 is 0 Å². The molecule has 1 aliphatic rings. The molecule has 1 aromatic carbocycles. The predicted octanol–water partition coefficient (Wildman–Crippen LogP) is 4.04. The number of likely N-dealkylation sites (tertiary alicyclic amines) is 1. The number of piperidine rings is 1. The molecular weight excluding hydrogens is 373 g/mol. The molecule has 5 nitrogen and oxygen atoms in total. The normalized spacial score (nSPS) is 21.6. The average molecular weight is 400 g/mol. The Bertz CT molecular complexity index is 638. The number of para-hydroxylation sites is 1. The standard InChI is InChI=1S/C19H27Cl2N3O2/c1-12-7-5-8-13(2)24(12)19(26)14(3)23(4)11-17(25)22-18-15(20)9-6-10-16(18)21/h6,9-10,12-14H,5,7-8,11H2,1-4H3,(H,22,25)/t12-,13+,14-/m1/s1. The minimum absolute atomic E-state index is 0.0655. The summed E-state index contributed by atoms with van der Waals surface area (Å²) in [5.74, 6) is -0.197. The number of likely N-dealkylation sites (N-methyl/N-ethyl adjacent to an activating group) is 1. The number of rotatable bonds is 5. The lowest BCUT2D eigenvalue weighted by atomic mass is 9.96. The number of anilines is 1. The van der Waals surface area contributed by atoms with Gasteiger partial charge in [0.25, 0.3) is 0 Å². The number of benzene rings is 1. The summed E-state index contributed by atoms with van der Waals surface area (Å²) in [5, 5.41) is 3.50. The Morgan fingerprint density at radius 1 is 1.23 bits per heavy atom. The summed E-state index contributed by atoms with van der Waals surface area (Å²) in [6.45, 7) is 6.09. The van der Waals surface area contributed by atoms with E-state index in [2.05, 4.69) is 19.2 Å². The van der Waals surface area contributed by atoms with Crippen molar-refractivity contribution < 1.29 is 9.59 Å². The lowest BCUT2D eigenvalue weighted by Gasteiger charge is -2.41. The second-order valence-electron chi connectivity index (χ2n) is 7.11. The Hall–Kier alpha value is -1.30. The summed E-state index contributed by atoms with van der Waals surface area (Å²) >= 11 is 12.2. The molecule has 26 heavy (non-hydrogen) atoms. The van der Waals surface area contributed by atoms with Crippen molar-refractivity contribution >= 4 is 40.7 Å². The number of nitrogens with one attached hydrogen (secondary N) is 1. The quantitative estimate of drug-likeness (QED) is 0.812. The Kier molecular flexibility index (Phi) is 7.33. The van der Waals surface area contributed by atoms with Crippen molar-refractivity contribution in [1.29, 1.82) is 0 Å². The fourth-order valence-corrected chi connectivity index (χ4v) is 3.91. The molecule has 1 saturated heterocycles. The van der Waals surface area contributed by atoms with Crippen LogP contribution in [0.2, 0.25) is 10.0 Å². The first kappa shape index (κ1) is 21.0. The lowest BCUT2D eigenvalue weighted by Crippen LogP contribution is -2.54. The van der Waals surface area contributed by atoms with Gasteiger partial charge in [-0.05, 0) is 59.2 Å². The van der Waals surface area contributed by atoms with Crippen molar-refractivity contribution in [2.75, 3.05) is 18.9 Å². The van der Waals surface area contributed by atoms with Gasteiger partial charge in [0, 0.05) is 12.1 Å². The summed E-state index contributed by atoms with van der Waals surface area (Å²) in [6, 6.07) is 5.13. The fraction of sp³-hybridized carbons (Fsp3) is 0.579. The molecule has 144 valence electrons. The SMILES string of the molecule is C[C@H](C(=O)N1[C@H](C)CCC[C@@H]1C)N(C)CC(=O)Nc1c(Cl)cccc1Cl. The second-order valence-corrected chi connectivity index (χ2v) is 7.92. The molecule has 1 aliphatic heterocycles. The van der Waals surface area contributed by atoms with E-state index in [1.54, 1.807) is 30.1 Å². The van der Waals surface area contributed by atoms with Gasteiger partial charge in [-0.3, -0.25) is 14.5 Å². The number of hydrogen-bond acceptors (Lipinski definition) is 3. The Balaban J connectivity index is 1.98. The highest BCUT2D eigenvalue weighted by Crippen LogP contribution is 2.29. The van der Waals surface area contributed by atoms with E-state index in [1.165, 1.54) is 0 Å². The van der Waals surface area contributed by atoms with E-state index in [1.807, 2.05) is 11.8 Å². The smallest absolute Gasteiger partial charge is 0.240 e. The maximum Gasteiger partial charge on any atom is 0.240 e. The maximum atomic E-state index is 12.9. The molecule has 7 heteroatoms. The maximum absolute atomic E-state index is 12.9. The molecular formula is C19H27Cl2N3O2. The number of amides is 2. The number of carbonyl (C=O) groups is 2. The average Bonchev–Trinajstić information content (AvgIpc) is 2.57. The van der Waals surface area contributed by atoms with Gasteiger partial charge in [-0.2, -0.15) is 0 Å². The van der Waals surface area contributed by atoms with Crippen LogP contribution in [0.1, 0.15) is 40.0 Å². The largest absolute Gasteiger partial charge is 0.336 e. The number of nitrogens with zero attached hydrogens (tertiary/aromatic N) is 2. The molecule has 0 radical (unpaired) electrons. The van der Waals surface area contributed by atoms with Gasteiger partial charge in [0.15, 0.2) is 0 Å². The van der Waals surface area contributed by atoms with E-state index >= 15 is 0 Å². The molecule has 3 atom stereocenters. The van der Waals surface area contributed by atoms with Gasteiger partial charge >= 0.3 is 0 Å². The minimum atomic E-state index is -0.384. The minimum Gasteiger partial charge on any atom is -0.336 e. The third-order valence-electron chi connectivity index (χ3n) is 5.09. The van der Waals surface area contributed by atoms with Crippen molar-refractivity contribution in [3.8, 4) is 0 Å². The lowest BCUT2D eigenvalue weighted by molar-refractivity contribution is -0.142. The molecule has 1 aromatic rings. The van der Waals surface area contributed by atoms with Crippen LogP contribution in [-0.4, -0.2) is 53.3 Å². The molecule has 1 fully saturated rings. The van der Waals surface area contributed by atoms with E-state index in [-0.39, 0.29) is 36.5 Å². The van der Waals surface area contributed by atoms with Crippen molar-refractivity contribution in [2.24, 2.45) is 0 Å². The summed E-state index contributed by atoms with van der Waals surface area (Å²) < 4.78 is 0. The topological polar surface area (TPSA) is 52.7 Å². The van der Waals surface area contributed by atoms with Crippen molar-refractivity contribution in [2.45, 2.75) is 58.2 Å². The van der Waals surface area contributed by atoms with Crippen LogP contribution in [0, 0.1) is 0 Å². The van der Waals surface area contributed by atoms with Crippen LogP contribution >= 0.6 is 23.2 Å². The van der Waals surface area contributed by atoms with Gasteiger partial charge in [0.1, 0.15) is 0 Å². The molecule has 0 unspecified atom stereocenters. The van der Waals surface area contributed by atoms with E-state index in [0.717, 1.165) is 19.3 Å². The monoisotopic (exact) mass is 399 g/mol. The van der Waals surface area contributed by atoms with Crippen LogP contribution in [0.15, 0.2) is 18.2 Å². The van der Waals surface area contributed by atoms with E-state index in [4.69, 9.17) is 23.2 Å². The van der Waals surface area contributed by atoms with Crippen molar-refractivity contribution in [3.05, 3.63) is 28.2 Å². The third kappa shape index (κ3) is 4.90. The fourth-order valence-electron chi connectivity index (χ4n) is 3.42. The van der Waals surface area contributed by atoms with Crippen LogP contribution in [0.3, 0.4) is 0 Å². The van der Waals surface area contributed by atoms with Gasteiger partial charge in [-0.1, -0.05) is 29.3 Å². The predicted molar refractivity (Wildman–Crippen MR) is 107 cm³/mol. The first-order chi connectivity index (χ1) is 12.2. The molecule has 2 rings (SSSR count). The first-order valence-corrected chi connectivity index (χ1v) is 9.74. The van der Waals surface area contributed by atoms with E-state index in [0.29, 0.717) is 15.7 Å². The molecule has 0 spiro atoms. The summed E-state index contributed by atoms with van der Waals surface area (Å²) in [7, 11) is 1.77. The second kappa shape index (κ2) is 9.07. The number of halogens is 2. The van der Waals surface area contributed by atoms with Crippen LogP contribution in [0.5, 0.6) is 0 Å². The first-order valence-electron chi connectivity index (χ1n) is 8.98. The molecule has 1 N–H and O–H groups in total. The van der Waals surface area contributed by atoms with Crippen LogP contribution in [-0.2, 0) is 9.59 Å². The molecule has 0 bridgehead atoms. The summed E-state index contributed by atoms with van der Waals surface area (Å²) in [4.78, 5) is 29.0. The van der Waals surface area contributed by atoms with Gasteiger partial charge in [0.2, 0.25) is 11.8 Å². The molecule has 2 amide bonds. The Labute approximate surface area is 165 Å². The molecule has 0 aliphatic carbocycles. The van der Waals surface area contributed by atoms with Crippen LogP contribution in [0.25, 0.3) is 0 Å². The van der Waals surface area contributed by atoms with Gasteiger partial charge in [-0.25, -0.2) is 0 Å². The third-order valence-corrected chi connectivity index (χ3v) is 5.72. The molecule has 0 saturated carbocycles. The highest BCUT2D eigenvalue weighted by molar-refractivity contribution is 6.39.